The van der Waals surface area contributed by atoms with Gasteiger partial charge in [0.15, 0.2) is 0 Å². The van der Waals surface area contributed by atoms with Crippen LogP contribution in [0.15, 0.2) is 24.4 Å². The average Bonchev–Trinajstić information content (AvgIpc) is 2.69. The van der Waals surface area contributed by atoms with Gasteiger partial charge in [-0.15, -0.1) is 0 Å². The fraction of sp³-hybridized carbons (Fsp3) is 0.357. The van der Waals surface area contributed by atoms with E-state index in [1.165, 1.54) is 11.1 Å². The van der Waals surface area contributed by atoms with E-state index in [0.717, 1.165) is 16.8 Å². The van der Waals surface area contributed by atoms with Gasteiger partial charge in [0.1, 0.15) is 6.10 Å². The predicted molar refractivity (Wildman–Crippen MR) is 67.9 cm³/mol. The van der Waals surface area contributed by atoms with Crippen molar-refractivity contribution in [1.29, 1.82) is 0 Å². The van der Waals surface area contributed by atoms with Crippen molar-refractivity contribution in [1.82, 2.24) is 9.78 Å². The highest BCUT2D eigenvalue weighted by atomic mass is 16.3. The molecule has 17 heavy (non-hydrogen) atoms. The number of aryl methyl sites for hydroxylation is 4. The summed E-state index contributed by atoms with van der Waals surface area (Å²) in [5, 5.41) is 14.5. The number of hydrogen-bond acceptors (Lipinski definition) is 2. The second kappa shape index (κ2) is 4.34. The maximum absolute atomic E-state index is 10.4. The number of hydrogen-bond donors (Lipinski definition) is 1. The molecule has 0 radical (unpaired) electrons. The van der Waals surface area contributed by atoms with Gasteiger partial charge in [0.2, 0.25) is 0 Å². The SMILES string of the molecule is Cc1cc(C)c(C(O)c2ccnn2C)cc1C. The van der Waals surface area contributed by atoms with Crippen LogP contribution in [0.1, 0.15) is 34.1 Å². The molecule has 1 aromatic carbocycles. The number of aliphatic hydroxyl groups excluding tert-OH is 1. The highest BCUT2D eigenvalue weighted by molar-refractivity contribution is 5.40. The molecule has 0 saturated carbocycles. The molecule has 0 amide bonds. The van der Waals surface area contributed by atoms with E-state index in [0.29, 0.717) is 0 Å². The van der Waals surface area contributed by atoms with Gasteiger partial charge in [-0.3, -0.25) is 4.68 Å². The van der Waals surface area contributed by atoms with Crippen LogP contribution >= 0.6 is 0 Å². The first-order valence-corrected chi connectivity index (χ1v) is 5.74. The number of benzene rings is 1. The average molecular weight is 230 g/mol. The molecule has 1 aromatic heterocycles. The Balaban J connectivity index is 2.48. The normalized spacial score (nSPS) is 12.8. The summed E-state index contributed by atoms with van der Waals surface area (Å²) in [5.41, 5.74) is 5.34. The molecule has 3 nitrogen and oxygen atoms in total. The molecule has 1 N–H and O–H groups in total. The Morgan fingerprint density at radius 3 is 2.35 bits per heavy atom. The lowest BCUT2D eigenvalue weighted by molar-refractivity contribution is 0.209. The standard InChI is InChI=1S/C14H18N2O/c1-9-7-11(3)12(8-10(9)2)14(17)13-5-6-15-16(13)4/h5-8,14,17H,1-4H3. The van der Waals surface area contributed by atoms with Crippen LogP contribution < -0.4 is 0 Å². The first-order valence-electron chi connectivity index (χ1n) is 5.74. The number of aliphatic hydroxyl groups is 1. The highest BCUT2D eigenvalue weighted by Gasteiger charge is 2.16. The molecule has 0 spiro atoms. The van der Waals surface area contributed by atoms with Gasteiger partial charge in [-0.1, -0.05) is 12.1 Å². The molecule has 0 bridgehead atoms. The van der Waals surface area contributed by atoms with Crippen molar-refractivity contribution in [3.63, 3.8) is 0 Å². The minimum Gasteiger partial charge on any atom is -0.382 e. The second-order valence-corrected chi connectivity index (χ2v) is 4.58. The molecule has 2 aromatic rings. The van der Waals surface area contributed by atoms with Crippen molar-refractivity contribution in [3.05, 3.63) is 52.3 Å². The number of nitrogens with zero attached hydrogens (tertiary/aromatic N) is 2. The third-order valence-corrected chi connectivity index (χ3v) is 3.32. The molecule has 1 heterocycles. The zero-order chi connectivity index (χ0) is 12.6. The molecule has 0 fully saturated rings. The molecule has 0 aliphatic heterocycles. The fourth-order valence-electron chi connectivity index (χ4n) is 2.09. The van der Waals surface area contributed by atoms with Crippen molar-refractivity contribution in [3.8, 4) is 0 Å². The molecule has 1 atom stereocenters. The lowest BCUT2D eigenvalue weighted by Gasteiger charge is -2.16. The van der Waals surface area contributed by atoms with E-state index >= 15 is 0 Å². The van der Waals surface area contributed by atoms with Crippen molar-refractivity contribution < 1.29 is 5.11 Å². The number of rotatable bonds is 2. The Bertz CT molecular complexity index is 543. The van der Waals surface area contributed by atoms with Gasteiger partial charge in [-0.25, -0.2) is 0 Å². The van der Waals surface area contributed by atoms with E-state index in [2.05, 4.69) is 31.1 Å². The van der Waals surface area contributed by atoms with Crippen LogP contribution in [0.3, 0.4) is 0 Å². The van der Waals surface area contributed by atoms with Crippen LogP contribution in [0.2, 0.25) is 0 Å². The lowest BCUT2D eigenvalue weighted by Crippen LogP contribution is -2.08. The fourth-order valence-corrected chi connectivity index (χ4v) is 2.09. The molecule has 0 aliphatic rings. The smallest absolute Gasteiger partial charge is 0.121 e. The third-order valence-electron chi connectivity index (χ3n) is 3.32. The van der Waals surface area contributed by atoms with Gasteiger partial charge in [-0.2, -0.15) is 5.10 Å². The van der Waals surface area contributed by atoms with Crippen molar-refractivity contribution in [2.45, 2.75) is 26.9 Å². The summed E-state index contributed by atoms with van der Waals surface area (Å²) < 4.78 is 1.71. The first-order chi connectivity index (χ1) is 8.00. The monoisotopic (exact) mass is 230 g/mol. The van der Waals surface area contributed by atoms with Crippen molar-refractivity contribution >= 4 is 0 Å². The van der Waals surface area contributed by atoms with E-state index in [-0.39, 0.29) is 0 Å². The van der Waals surface area contributed by atoms with Gasteiger partial charge < -0.3 is 5.11 Å². The molecular formula is C14H18N2O. The highest BCUT2D eigenvalue weighted by Crippen LogP contribution is 2.26. The maximum atomic E-state index is 10.4. The van der Waals surface area contributed by atoms with Gasteiger partial charge in [0, 0.05) is 13.2 Å². The summed E-state index contributed by atoms with van der Waals surface area (Å²) in [6.45, 7) is 6.18. The summed E-state index contributed by atoms with van der Waals surface area (Å²) >= 11 is 0. The Hall–Kier alpha value is -1.61. The second-order valence-electron chi connectivity index (χ2n) is 4.58. The van der Waals surface area contributed by atoms with Crippen molar-refractivity contribution in [2.75, 3.05) is 0 Å². The largest absolute Gasteiger partial charge is 0.382 e. The molecular weight excluding hydrogens is 212 g/mol. The molecule has 0 saturated heterocycles. The predicted octanol–water partition coefficient (Wildman–Crippen LogP) is 2.43. The topological polar surface area (TPSA) is 38.1 Å². The summed E-state index contributed by atoms with van der Waals surface area (Å²) in [6, 6.07) is 6.02. The van der Waals surface area contributed by atoms with Crippen LogP contribution in [0.5, 0.6) is 0 Å². The van der Waals surface area contributed by atoms with E-state index in [1.807, 2.05) is 20.0 Å². The molecule has 90 valence electrons. The molecule has 0 aliphatic carbocycles. The molecule has 2 rings (SSSR count). The summed E-state index contributed by atoms with van der Waals surface area (Å²) in [4.78, 5) is 0. The van der Waals surface area contributed by atoms with E-state index in [4.69, 9.17) is 0 Å². The van der Waals surface area contributed by atoms with Crippen LogP contribution in [0, 0.1) is 20.8 Å². The quantitative estimate of drug-likeness (QED) is 0.860. The lowest BCUT2D eigenvalue weighted by atomic mass is 9.96. The van der Waals surface area contributed by atoms with Gasteiger partial charge in [0.05, 0.1) is 5.69 Å². The van der Waals surface area contributed by atoms with Gasteiger partial charge in [0.25, 0.3) is 0 Å². The summed E-state index contributed by atoms with van der Waals surface area (Å²) in [5.74, 6) is 0. The Kier molecular flexibility index (Phi) is 3.03. The van der Waals surface area contributed by atoms with Crippen LogP contribution in [-0.2, 0) is 7.05 Å². The van der Waals surface area contributed by atoms with Crippen LogP contribution in [0.25, 0.3) is 0 Å². The van der Waals surface area contributed by atoms with Gasteiger partial charge in [-0.05, 0) is 49.1 Å². The van der Waals surface area contributed by atoms with E-state index in [1.54, 1.807) is 10.9 Å². The Morgan fingerprint density at radius 1 is 1.12 bits per heavy atom. The molecule has 1 unspecified atom stereocenters. The minimum atomic E-state index is -0.609. The zero-order valence-corrected chi connectivity index (χ0v) is 10.7. The number of aromatic nitrogens is 2. The van der Waals surface area contributed by atoms with Crippen LogP contribution in [-0.4, -0.2) is 14.9 Å². The molecule has 3 heteroatoms. The minimum absolute atomic E-state index is 0.609. The van der Waals surface area contributed by atoms with Gasteiger partial charge >= 0.3 is 0 Å². The third kappa shape index (κ3) is 2.11. The Morgan fingerprint density at radius 2 is 1.76 bits per heavy atom. The van der Waals surface area contributed by atoms with E-state index in [9.17, 15) is 5.11 Å². The summed E-state index contributed by atoms with van der Waals surface area (Å²) in [7, 11) is 1.84. The maximum Gasteiger partial charge on any atom is 0.121 e. The van der Waals surface area contributed by atoms with Crippen molar-refractivity contribution in [2.24, 2.45) is 7.05 Å². The summed E-state index contributed by atoms with van der Waals surface area (Å²) in [6.07, 6.45) is 1.09. The van der Waals surface area contributed by atoms with Crippen LogP contribution in [0.4, 0.5) is 0 Å². The van der Waals surface area contributed by atoms with E-state index < -0.39 is 6.10 Å². The first kappa shape index (κ1) is 11.9. The Labute approximate surface area is 102 Å². The zero-order valence-electron chi connectivity index (χ0n) is 10.7.